The molecule has 25 heavy (non-hydrogen) atoms. The average Bonchev–Trinajstić information content (AvgIpc) is 2.97. The molecule has 1 amide bonds. The van der Waals surface area contributed by atoms with E-state index >= 15 is 0 Å². The monoisotopic (exact) mass is 338 g/mol. The molecule has 0 radical (unpaired) electrons. The Bertz CT molecular complexity index is 947. The van der Waals surface area contributed by atoms with Gasteiger partial charge in [-0.05, 0) is 31.2 Å². The largest absolute Gasteiger partial charge is 0.493 e. The molecule has 2 aromatic heterocycles. The van der Waals surface area contributed by atoms with Gasteiger partial charge in [-0.2, -0.15) is 5.10 Å². The number of fused-ring (bicyclic) bond motifs is 1. The molecular formula is C18H18N4O3. The van der Waals surface area contributed by atoms with E-state index in [1.165, 1.54) is 6.21 Å². The van der Waals surface area contributed by atoms with Crippen molar-refractivity contribution in [2.45, 2.75) is 6.92 Å². The molecule has 0 bridgehead atoms. The van der Waals surface area contributed by atoms with Crippen LogP contribution in [-0.2, 0) is 0 Å². The van der Waals surface area contributed by atoms with Gasteiger partial charge in [0, 0.05) is 11.8 Å². The first-order valence-electron chi connectivity index (χ1n) is 7.63. The number of carbonyl (C=O) groups is 1. The zero-order valence-electron chi connectivity index (χ0n) is 14.2. The Morgan fingerprint density at radius 2 is 2.04 bits per heavy atom. The fourth-order valence-corrected chi connectivity index (χ4v) is 2.61. The maximum atomic E-state index is 12.5. The van der Waals surface area contributed by atoms with Crippen molar-refractivity contribution in [2.75, 3.05) is 14.2 Å². The zero-order valence-corrected chi connectivity index (χ0v) is 14.2. The van der Waals surface area contributed by atoms with Gasteiger partial charge in [0.15, 0.2) is 11.5 Å². The normalized spacial score (nSPS) is 11.0. The molecule has 7 nitrogen and oxygen atoms in total. The summed E-state index contributed by atoms with van der Waals surface area (Å²) >= 11 is 0. The zero-order chi connectivity index (χ0) is 17.8. The summed E-state index contributed by atoms with van der Waals surface area (Å²) in [5.74, 6) is 0.804. The standard InChI is InChI=1S/C18H18N4O3/c1-12-16(22-10-5-4-9-15(22)20-12)18(23)21-19-11-13-7-6-8-14(24-2)17(13)25-3/h4-11H,1-3H3,(H,21,23)/b19-11+. The number of pyridine rings is 1. The Balaban J connectivity index is 1.83. The van der Waals surface area contributed by atoms with Crippen molar-refractivity contribution in [1.82, 2.24) is 14.8 Å². The predicted molar refractivity (Wildman–Crippen MR) is 94.5 cm³/mol. The fraction of sp³-hybridized carbons (Fsp3) is 0.167. The van der Waals surface area contributed by atoms with Crippen LogP contribution in [-0.4, -0.2) is 35.7 Å². The van der Waals surface area contributed by atoms with Crippen LogP contribution in [0.2, 0.25) is 0 Å². The lowest BCUT2D eigenvalue weighted by atomic mass is 10.2. The van der Waals surface area contributed by atoms with Gasteiger partial charge in [0.05, 0.1) is 26.1 Å². The number of methoxy groups -OCH3 is 2. The molecule has 3 rings (SSSR count). The second-order valence-electron chi connectivity index (χ2n) is 5.26. The Hall–Kier alpha value is -3.35. The second-order valence-corrected chi connectivity index (χ2v) is 5.26. The molecule has 128 valence electrons. The van der Waals surface area contributed by atoms with E-state index in [1.807, 2.05) is 30.3 Å². The van der Waals surface area contributed by atoms with Crippen molar-refractivity contribution in [1.29, 1.82) is 0 Å². The summed E-state index contributed by atoms with van der Waals surface area (Å²) in [6.07, 6.45) is 3.30. The smallest absolute Gasteiger partial charge is 0.290 e. The number of ether oxygens (including phenoxy) is 2. The van der Waals surface area contributed by atoms with Crippen molar-refractivity contribution in [3.05, 3.63) is 59.5 Å². The van der Waals surface area contributed by atoms with Crippen molar-refractivity contribution in [3.63, 3.8) is 0 Å². The molecule has 3 aromatic rings. The number of imidazole rings is 1. The van der Waals surface area contributed by atoms with Crippen LogP contribution in [0.5, 0.6) is 11.5 Å². The fourth-order valence-electron chi connectivity index (χ4n) is 2.61. The Morgan fingerprint density at radius 3 is 2.80 bits per heavy atom. The Kier molecular flexibility index (Phi) is 4.65. The minimum Gasteiger partial charge on any atom is -0.493 e. The van der Waals surface area contributed by atoms with Crippen molar-refractivity contribution in [3.8, 4) is 11.5 Å². The van der Waals surface area contributed by atoms with Gasteiger partial charge >= 0.3 is 0 Å². The SMILES string of the molecule is COc1cccc(/C=N/NC(=O)c2c(C)nc3ccccn23)c1OC. The molecule has 2 heterocycles. The number of hydrogen-bond donors (Lipinski definition) is 1. The molecule has 0 unspecified atom stereocenters. The highest BCUT2D eigenvalue weighted by Gasteiger charge is 2.15. The third kappa shape index (κ3) is 3.16. The topological polar surface area (TPSA) is 77.2 Å². The molecule has 0 aliphatic heterocycles. The van der Waals surface area contributed by atoms with Gasteiger partial charge in [-0.1, -0.05) is 12.1 Å². The van der Waals surface area contributed by atoms with E-state index in [0.29, 0.717) is 34.1 Å². The maximum Gasteiger partial charge on any atom is 0.290 e. The number of aryl methyl sites for hydroxylation is 1. The van der Waals surface area contributed by atoms with Gasteiger partial charge in [0.1, 0.15) is 11.3 Å². The van der Waals surface area contributed by atoms with Crippen LogP contribution in [0.1, 0.15) is 21.7 Å². The number of nitrogens with zero attached hydrogens (tertiary/aromatic N) is 3. The number of amides is 1. The summed E-state index contributed by atoms with van der Waals surface area (Å²) in [5, 5.41) is 4.03. The summed E-state index contributed by atoms with van der Waals surface area (Å²) in [6.45, 7) is 1.79. The summed E-state index contributed by atoms with van der Waals surface area (Å²) in [6, 6.07) is 11.0. The minimum absolute atomic E-state index is 0.339. The first-order chi connectivity index (χ1) is 12.2. The van der Waals surface area contributed by atoms with Gasteiger partial charge in [-0.3, -0.25) is 9.20 Å². The maximum absolute atomic E-state index is 12.5. The first-order valence-corrected chi connectivity index (χ1v) is 7.63. The van der Waals surface area contributed by atoms with Gasteiger partial charge in [0.2, 0.25) is 0 Å². The highest BCUT2D eigenvalue weighted by molar-refractivity contribution is 5.95. The van der Waals surface area contributed by atoms with Crippen molar-refractivity contribution in [2.24, 2.45) is 5.10 Å². The lowest BCUT2D eigenvalue weighted by molar-refractivity contribution is 0.0948. The average molecular weight is 338 g/mol. The number of benzene rings is 1. The number of para-hydroxylation sites is 1. The van der Waals surface area contributed by atoms with Crippen LogP contribution in [0, 0.1) is 6.92 Å². The molecule has 0 saturated carbocycles. The van der Waals surface area contributed by atoms with Crippen LogP contribution in [0.4, 0.5) is 0 Å². The van der Waals surface area contributed by atoms with Crippen LogP contribution >= 0.6 is 0 Å². The molecule has 0 spiro atoms. The third-order valence-corrected chi connectivity index (χ3v) is 3.72. The molecule has 1 N–H and O–H groups in total. The molecule has 7 heteroatoms. The van der Waals surface area contributed by atoms with E-state index in [-0.39, 0.29) is 5.91 Å². The van der Waals surface area contributed by atoms with Gasteiger partial charge < -0.3 is 9.47 Å². The van der Waals surface area contributed by atoms with Crippen LogP contribution in [0.15, 0.2) is 47.7 Å². The summed E-state index contributed by atoms with van der Waals surface area (Å²) in [4.78, 5) is 16.8. The molecule has 1 aromatic carbocycles. The minimum atomic E-state index is -0.339. The number of rotatable bonds is 5. The number of aromatic nitrogens is 2. The first kappa shape index (κ1) is 16.5. The van der Waals surface area contributed by atoms with E-state index in [4.69, 9.17) is 9.47 Å². The van der Waals surface area contributed by atoms with Crippen LogP contribution < -0.4 is 14.9 Å². The van der Waals surface area contributed by atoms with E-state index in [1.54, 1.807) is 37.8 Å². The van der Waals surface area contributed by atoms with Crippen molar-refractivity contribution >= 4 is 17.8 Å². The third-order valence-electron chi connectivity index (χ3n) is 3.72. The number of hydrazone groups is 1. The van der Waals surface area contributed by atoms with Gasteiger partial charge in [0.25, 0.3) is 5.91 Å². The second kappa shape index (κ2) is 7.04. The summed E-state index contributed by atoms with van der Waals surface area (Å²) in [7, 11) is 3.11. The Morgan fingerprint density at radius 1 is 1.20 bits per heavy atom. The van der Waals surface area contributed by atoms with Crippen LogP contribution in [0.25, 0.3) is 5.65 Å². The summed E-state index contributed by atoms with van der Waals surface area (Å²) in [5.41, 5.74) is 5.02. The van der Waals surface area contributed by atoms with Gasteiger partial charge in [-0.15, -0.1) is 0 Å². The lowest BCUT2D eigenvalue weighted by Crippen LogP contribution is -2.20. The van der Waals surface area contributed by atoms with E-state index < -0.39 is 0 Å². The molecule has 0 aliphatic carbocycles. The van der Waals surface area contributed by atoms with E-state index in [9.17, 15) is 4.79 Å². The molecule has 0 atom stereocenters. The molecule has 0 aliphatic rings. The lowest BCUT2D eigenvalue weighted by Gasteiger charge is -2.09. The molecule has 0 saturated heterocycles. The quantitative estimate of drug-likeness (QED) is 0.572. The number of carbonyl (C=O) groups excluding carboxylic acids is 1. The van der Waals surface area contributed by atoms with E-state index in [2.05, 4.69) is 15.5 Å². The van der Waals surface area contributed by atoms with Crippen LogP contribution in [0.3, 0.4) is 0 Å². The summed E-state index contributed by atoms with van der Waals surface area (Å²) < 4.78 is 12.3. The van der Waals surface area contributed by atoms with Crippen molar-refractivity contribution < 1.29 is 14.3 Å². The molecular weight excluding hydrogens is 320 g/mol. The Labute approximate surface area is 144 Å². The predicted octanol–water partition coefficient (Wildman–Crippen LogP) is 2.42. The van der Waals surface area contributed by atoms with Gasteiger partial charge in [-0.25, -0.2) is 10.4 Å². The number of hydrogen-bond acceptors (Lipinski definition) is 5. The number of nitrogens with one attached hydrogen (secondary N) is 1. The highest BCUT2D eigenvalue weighted by atomic mass is 16.5. The van der Waals surface area contributed by atoms with E-state index in [0.717, 1.165) is 0 Å². The highest BCUT2D eigenvalue weighted by Crippen LogP contribution is 2.29. The molecule has 0 fully saturated rings.